The van der Waals surface area contributed by atoms with Crippen molar-refractivity contribution in [3.63, 3.8) is 0 Å². The predicted octanol–water partition coefficient (Wildman–Crippen LogP) is 2.55. The fraction of sp³-hybridized carbons (Fsp3) is 0.875. The van der Waals surface area contributed by atoms with Gasteiger partial charge in [0.1, 0.15) is 5.56 Å². The largest absolute Gasteiger partial charge is 0.464 e. The van der Waals surface area contributed by atoms with Crippen LogP contribution in [0.3, 0.4) is 0 Å². The first-order valence-corrected chi connectivity index (χ1v) is 11.0. The quantitative estimate of drug-likeness (QED) is 0.184. The van der Waals surface area contributed by atoms with Gasteiger partial charge < -0.3 is 28.7 Å². The van der Waals surface area contributed by atoms with Crippen LogP contribution in [0.25, 0.3) is 0 Å². The van der Waals surface area contributed by atoms with Gasteiger partial charge in [0.25, 0.3) is 0 Å². The van der Waals surface area contributed by atoms with Crippen LogP contribution < -0.4 is 0 Å². The Morgan fingerprint density at radius 1 is 1.07 bits per heavy atom. The topological polar surface area (TPSA) is 129 Å². The Labute approximate surface area is 164 Å². The van der Waals surface area contributed by atoms with Gasteiger partial charge in [-0.15, -0.1) is 0 Å². The zero-order chi connectivity index (χ0) is 21.1. The second kappa shape index (κ2) is 12.7. The van der Waals surface area contributed by atoms with E-state index in [9.17, 15) is 23.9 Å². The van der Waals surface area contributed by atoms with Crippen LogP contribution in [-0.2, 0) is 33.1 Å². The number of esters is 2. The minimum absolute atomic E-state index is 0.00252. The molecular weight excluding hydrogens is 403 g/mol. The fourth-order valence-corrected chi connectivity index (χ4v) is 3.40. The van der Waals surface area contributed by atoms with Crippen molar-refractivity contribution in [2.75, 3.05) is 19.8 Å². The standard InChI is InChI=1S/C16H30ClO9P/c1-5-8-10-24-14(18)13(23-7-3)16(26-12(4)17,27(20,21)22)15(19)25-11-9-6-2/h12-13H,5-11H2,1-4H3,(H2,20,21,22). The number of carbonyl (C=O) groups is 2. The molecule has 0 aliphatic heterocycles. The summed E-state index contributed by atoms with van der Waals surface area (Å²) in [5, 5.41) is -3.07. The van der Waals surface area contributed by atoms with Crippen molar-refractivity contribution in [1.82, 2.24) is 0 Å². The van der Waals surface area contributed by atoms with E-state index in [2.05, 4.69) is 0 Å². The molecule has 0 amide bonds. The molecule has 0 aliphatic rings. The molecule has 0 aromatic carbocycles. The Bertz CT molecular complexity index is 508. The van der Waals surface area contributed by atoms with Gasteiger partial charge in [0.05, 0.1) is 13.2 Å². The number of unbranched alkanes of at least 4 members (excludes halogenated alkanes) is 2. The highest BCUT2D eigenvalue weighted by Gasteiger charge is 2.66. The Morgan fingerprint density at radius 3 is 2.00 bits per heavy atom. The summed E-state index contributed by atoms with van der Waals surface area (Å²) in [5.41, 5.74) is -1.33. The normalized spacial score (nSPS) is 16.3. The second-order valence-corrected chi connectivity index (χ2v) is 8.11. The molecule has 0 spiro atoms. The van der Waals surface area contributed by atoms with E-state index in [0.29, 0.717) is 19.3 Å². The number of hydrogen-bond donors (Lipinski definition) is 2. The lowest BCUT2D eigenvalue weighted by Gasteiger charge is -2.37. The van der Waals surface area contributed by atoms with Crippen molar-refractivity contribution in [2.45, 2.75) is 70.4 Å². The number of carbonyl (C=O) groups excluding carboxylic acids is 2. The summed E-state index contributed by atoms with van der Waals surface area (Å²) in [5.74, 6) is -2.57. The molecule has 3 atom stereocenters. The van der Waals surface area contributed by atoms with Crippen molar-refractivity contribution < 1.29 is 42.9 Å². The van der Waals surface area contributed by atoms with Gasteiger partial charge in [-0.3, -0.25) is 4.57 Å². The van der Waals surface area contributed by atoms with Crippen LogP contribution in [0.2, 0.25) is 0 Å². The molecule has 0 rings (SSSR count). The summed E-state index contributed by atoms with van der Waals surface area (Å²) in [6.07, 6.45) is 0.345. The zero-order valence-electron chi connectivity index (χ0n) is 16.2. The van der Waals surface area contributed by atoms with E-state index >= 15 is 0 Å². The van der Waals surface area contributed by atoms with Gasteiger partial charge in [-0.05, 0) is 26.7 Å². The van der Waals surface area contributed by atoms with E-state index in [1.54, 1.807) is 0 Å². The Morgan fingerprint density at radius 2 is 1.59 bits per heavy atom. The van der Waals surface area contributed by atoms with Gasteiger partial charge in [0.2, 0.25) is 6.10 Å². The van der Waals surface area contributed by atoms with Crippen LogP contribution >= 0.6 is 19.2 Å². The number of halogens is 1. The van der Waals surface area contributed by atoms with Crippen molar-refractivity contribution in [1.29, 1.82) is 0 Å². The fourth-order valence-electron chi connectivity index (χ4n) is 2.12. The molecule has 9 nitrogen and oxygen atoms in total. The maximum absolute atomic E-state index is 12.7. The Hall–Kier alpha value is -0.700. The van der Waals surface area contributed by atoms with E-state index in [-0.39, 0.29) is 19.8 Å². The lowest BCUT2D eigenvalue weighted by atomic mass is 10.2. The van der Waals surface area contributed by atoms with Crippen LogP contribution in [0.5, 0.6) is 0 Å². The number of ether oxygens (including phenoxy) is 4. The molecule has 160 valence electrons. The van der Waals surface area contributed by atoms with Crippen molar-refractivity contribution >= 4 is 31.1 Å². The third kappa shape index (κ3) is 7.68. The number of hydrogen-bond acceptors (Lipinski definition) is 7. The summed E-state index contributed by atoms with van der Waals surface area (Å²) in [4.78, 5) is 45.1. The molecule has 0 aromatic heterocycles. The van der Waals surface area contributed by atoms with E-state index < -0.39 is 36.5 Å². The third-order valence-electron chi connectivity index (χ3n) is 3.44. The summed E-state index contributed by atoms with van der Waals surface area (Å²) in [6, 6.07) is 0. The minimum atomic E-state index is -5.45. The molecule has 0 aromatic rings. The highest BCUT2D eigenvalue weighted by molar-refractivity contribution is 7.54. The number of alkyl halides is 1. The summed E-state index contributed by atoms with van der Waals surface area (Å²) in [6.45, 7) is 6.20. The van der Waals surface area contributed by atoms with Gasteiger partial charge in [0.15, 0.2) is 0 Å². The van der Waals surface area contributed by atoms with Crippen LogP contribution in [0.4, 0.5) is 0 Å². The smallest absolute Gasteiger partial charge is 0.372 e. The number of rotatable bonds is 14. The molecule has 27 heavy (non-hydrogen) atoms. The molecule has 0 aliphatic carbocycles. The molecule has 0 fully saturated rings. The van der Waals surface area contributed by atoms with E-state index in [0.717, 1.165) is 6.42 Å². The third-order valence-corrected chi connectivity index (χ3v) is 4.92. The molecule has 0 saturated carbocycles. The van der Waals surface area contributed by atoms with Crippen LogP contribution in [0, 0.1) is 0 Å². The summed E-state index contributed by atoms with van der Waals surface area (Å²) < 4.78 is 32.7. The van der Waals surface area contributed by atoms with Gasteiger partial charge >= 0.3 is 24.9 Å². The van der Waals surface area contributed by atoms with Gasteiger partial charge in [0, 0.05) is 6.61 Å². The maximum atomic E-state index is 12.7. The Kier molecular flexibility index (Phi) is 12.4. The molecule has 0 heterocycles. The van der Waals surface area contributed by atoms with Crippen LogP contribution in [-0.4, -0.2) is 58.6 Å². The van der Waals surface area contributed by atoms with Gasteiger partial charge in [-0.25, -0.2) is 9.59 Å². The van der Waals surface area contributed by atoms with Gasteiger partial charge in [-0.2, -0.15) is 0 Å². The average molecular weight is 433 g/mol. The molecule has 0 bridgehead atoms. The summed E-state index contributed by atoms with van der Waals surface area (Å²) in [7, 11) is -5.45. The first-order valence-electron chi connectivity index (χ1n) is 8.91. The van der Waals surface area contributed by atoms with Crippen molar-refractivity contribution in [3.05, 3.63) is 0 Å². The minimum Gasteiger partial charge on any atom is -0.464 e. The van der Waals surface area contributed by atoms with E-state index in [4.69, 9.17) is 30.5 Å². The first kappa shape index (κ1) is 26.3. The predicted molar refractivity (Wildman–Crippen MR) is 98.3 cm³/mol. The zero-order valence-corrected chi connectivity index (χ0v) is 17.8. The molecule has 0 radical (unpaired) electrons. The van der Waals surface area contributed by atoms with Gasteiger partial charge in [-0.1, -0.05) is 38.3 Å². The summed E-state index contributed by atoms with van der Waals surface area (Å²) >= 11 is 5.77. The monoisotopic (exact) mass is 432 g/mol. The Balaban J connectivity index is 6.06. The van der Waals surface area contributed by atoms with Crippen molar-refractivity contribution in [2.24, 2.45) is 0 Å². The first-order chi connectivity index (χ1) is 12.6. The highest BCUT2D eigenvalue weighted by Crippen LogP contribution is 2.55. The van der Waals surface area contributed by atoms with E-state index in [1.165, 1.54) is 13.8 Å². The highest BCUT2D eigenvalue weighted by atomic mass is 35.5. The van der Waals surface area contributed by atoms with Crippen LogP contribution in [0.1, 0.15) is 53.4 Å². The molecular formula is C16H30ClO9P. The molecule has 2 N–H and O–H groups in total. The molecule has 0 saturated heterocycles. The molecule has 11 heteroatoms. The van der Waals surface area contributed by atoms with Crippen molar-refractivity contribution in [3.8, 4) is 0 Å². The second-order valence-electron chi connectivity index (χ2n) is 5.75. The average Bonchev–Trinajstić information content (AvgIpc) is 2.56. The SMILES string of the molecule is CCCCOC(=O)C(OCC)C(OC(C)Cl)(C(=O)OCCCC)P(=O)(O)O. The van der Waals surface area contributed by atoms with Crippen LogP contribution in [0.15, 0.2) is 0 Å². The molecule has 3 unspecified atom stereocenters. The lowest BCUT2D eigenvalue weighted by Crippen LogP contribution is -2.58. The maximum Gasteiger partial charge on any atom is 0.372 e. The lowest BCUT2D eigenvalue weighted by molar-refractivity contribution is -0.195. The van der Waals surface area contributed by atoms with E-state index in [1.807, 2.05) is 13.8 Å².